The molecule has 0 unspecified atom stereocenters. The molecular formula is C19H14N2O3. The third kappa shape index (κ3) is 2.18. The van der Waals surface area contributed by atoms with E-state index in [0.717, 1.165) is 38.6 Å². The van der Waals surface area contributed by atoms with E-state index in [4.69, 9.17) is 4.74 Å². The molecule has 0 saturated heterocycles. The second kappa shape index (κ2) is 5.38. The van der Waals surface area contributed by atoms with Crippen LogP contribution in [0.1, 0.15) is 10.4 Å². The number of methoxy groups -OCH3 is 1. The molecule has 118 valence electrons. The molecule has 1 aromatic heterocycles. The summed E-state index contributed by atoms with van der Waals surface area (Å²) in [4.78, 5) is 11.2. The number of hydrogen-bond donors (Lipinski definition) is 2. The van der Waals surface area contributed by atoms with Gasteiger partial charge in [0.15, 0.2) is 0 Å². The maximum Gasteiger partial charge on any atom is 0.335 e. The normalized spacial score (nSPS) is 11.0. The molecule has 0 spiro atoms. The minimum atomic E-state index is -0.937. The van der Waals surface area contributed by atoms with Gasteiger partial charge in [-0.3, -0.25) is 5.10 Å². The lowest BCUT2D eigenvalue weighted by atomic mass is 9.96. The smallest absolute Gasteiger partial charge is 0.335 e. The van der Waals surface area contributed by atoms with Crippen molar-refractivity contribution in [2.75, 3.05) is 7.11 Å². The molecule has 3 aromatic carbocycles. The van der Waals surface area contributed by atoms with Crippen LogP contribution in [0.5, 0.6) is 5.75 Å². The van der Waals surface area contributed by atoms with Crippen molar-refractivity contribution in [3.8, 4) is 16.9 Å². The van der Waals surface area contributed by atoms with Crippen molar-refractivity contribution in [1.82, 2.24) is 10.2 Å². The van der Waals surface area contributed by atoms with E-state index >= 15 is 0 Å². The molecule has 2 N–H and O–H groups in total. The fourth-order valence-electron chi connectivity index (χ4n) is 2.98. The van der Waals surface area contributed by atoms with Crippen LogP contribution in [0, 0.1) is 0 Å². The molecule has 0 atom stereocenters. The van der Waals surface area contributed by atoms with Gasteiger partial charge in [0.05, 0.1) is 24.4 Å². The standard InChI is InChI=1S/C19H14N2O3/c1-24-14-5-2-11(3-6-14)16-9-13-8-12(19(22)23)4-7-15(13)18-17(16)10-20-21-18/h2-10H,1H3,(H,20,21)(H,22,23). The number of benzene rings is 3. The minimum absolute atomic E-state index is 0.266. The van der Waals surface area contributed by atoms with Crippen molar-refractivity contribution in [3.63, 3.8) is 0 Å². The first kappa shape index (κ1) is 14.3. The number of aromatic nitrogens is 2. The summed E-state index contributed by atoms with van der Waals surface area (Å²) in [6, 6.07) is 14.9. The first-order chi connectivity index (χ1) is 11.7. The van der Waals surface area contributed by atoms with Gasteiger partial charge in [-0.25, -0.2) is 4.79 Å². The SMILES string of the molecule is COc1ccc(-c2cc3cc(C(=O)O)ccc3c3[nH]ncc23)cc1. The third-order valence-electron chi connectivity index (χ3n) is 4.20. The van der Waals surface area contributed by atoms with E-state index in [1.165, 1.54) is 0 Å². The van der Waals surface area contributed by atoms with Gasteiger partial charge in [0, 0.05) is 10.8 Å². The van der Waals surface area contributed by atoms with Crippen LogP contribution in [-0.4, -0.2) is 28.4 Å². The highest BCUT2D eigenvalue weighted by Gasteiger charge is 2.12. The number of aromatic carboxylic acids is 1. The largest absolute Gasteiger partial charge is 0.497 e. The quantitative estimate of drug-likeness (QED) is 0.596. The third-order valence-corrected chi connectivity index (χ3v) is 4.20. The fraction of sp³-hybridized carbons (Fsp3) is 0.0526. The van der Waals surface area contributed by atoms with Crippen molar-refractivity contribution in [3.05, 3.63) is 60.3 Å². The predicted molar refractivity (Wildman–Crippen MR) is 92.5 cm³/mol. The minimum Gasteiger partial charge on any atom is -0.497 e. The zero-order valence-electron chi connectivity index (χ0n) is 12.9. The Morgan fingerprint density at radius 3 is 2.58 bits per heavy atom. The number of carbonyl (C=O) groups is 1. The Labute approximate surface area is 137 Å². The van der Waals surface area contributed by atoms with Gasteiger partial charge >= 0.3 is 5.97 Å². The molecule has 0 radical (unpaired) electrons. The Morgan fingerprint density at radius 1 is 1.08 bits per heavy atom. The molecule has 0 fully saturated rings. The Hall–Kier alpha value is -3.34. The molecule has 0 amide bonds. The van der Waals surface area contributed by atoms with E-state index in [-0.39, 0.29) is 5.56 Å². The summed E-state index contributed by atoms with van der Waals surface area (Å²) in [5.41, 5.74) is 3.18. The lowest BCUT2D eigenvalue weighted by Crippen LogP contribution is -1.95. The van der Waals surface area contributed by atoms with Crippen molar-refractivity contribution < 1.29 is 14.6 Å². The molecule has 0 aliphatic rings. The van der Waals surface area contributed by atoms with Crippen molar-refractivity contribution in [2.24, 2.45) is 0 Å². The van der Waals surface area contributed by atoms with Crippen LogP contribution < -0.4 is 4.74 Å². The Balaban J connectivity index is 2.01. The van der Waals surface area contributed by atoms with E-state index in [1.807, 2.05) is 36.4 Å². The highest BCUT2D eigenvalue weighted by molar-refractivity contribution is 6.12. The molecule has 4 rings (SSSR count). The van der Waals surface area contributed by atoms with E-state index in [0.29, 0.717) is 0 Å². The molecule has 0 aliphatic heterocycles. The van der Waals surface area contributed by atoms with Gasteiger partial charge in [-0.1, -0.05) is 18.2 Å². The summed E-state index contributed by atoms with van der Waals surface area (Å²) in [6.07, 6.45) is 1.79. The zero-order chi connectivity index (χ0) is 16.7. The number of carboxylic acid groups (broad SMARTS) is 1. The number of carboxylic acids is 1. The fourth-order valence-corrected chi connectivity index (χ4v) is 2.98. The molecule has 1 heterocycles. The van der Waals surface area contributed by atoms with Gasteiger partial charge in [0.2, 0.25) is 0 Å². The van der Waals surface area contributed by atoms with Crippen LogP contribution in [0.4, 0.5) is 0 Å². The molecule has 5 nitrogen and oxygen atoms in total. The Kier molecular flexibility index (Phi) is 3.20. The summed E-state index contributed by atoms with van der Waals surface area (Å²) < 4.78 is 5.21. The number of rotatable bonds is 3. The lowest BCUT2D eigenvalue weighted by molar-refractivity contribution is 0.0697. The van der Waals surface area contributed by atoms with Gasteiger partial charge in [0.1, 0.15) is 5.75 Å². The van der Waals surface area contributed by atoms with E-state index in [1.54, 1.807) is 25.4 Å². The first-order valence-corrected chi connectivity index (χ1v) is 7.45. The summed E-state index contributed by atoms with van der Waals surface area (Å²) in [5, 5.41) is 19.2. The molecular weight excluding hydrogens is 304 g/mol. The topological polar surface area (TPSA) is 75.2 Å². The number of hydrogen-bond acceptors (Lipinski definition) is 3. The van der Waals surface area contributed by atoms with Crippen LogP contribution in [0.3, 0.4) is 0 Å². The number of nitrogens with one attached hydrogen (secondary N) is 1. The van der Waals surface area contributed by atoms with Crippen LogP contribution in [0.2, 0.25) is 0 Å². The number of nitrogens with zero attached hydrogens (tertiary/aromatic N) is 1. The number of aromatic amines is 1. The number of fused-ring (bicyclic) bond motifs is 3. The number of ether oxygens (including phenoxy) is 1. The van der Waals surface area contributed by atoms with E-state index < -0.39 is 5.97 Å². The molecule has 4 aromatic rings. The lowest BCUT2D eigenvalue weighted by Gasteiger charge is -2.09. The highest BCUT2D eigenvalue weighted by Crippen LogP contribution is 2.34. The second-order valence-corrected chi connectivity index (χ2v) is 5.55. The Morgan fingerprint density at radius 2 is 1.88 bits per heavy atom. The maximum atomic E-state index is 11.2. The summed E-state index contributed by atoms with van der Waals surface area (Å²) in [7, 11) is 1.63. The van der Waals surface area contributed by atoms with Gasteiger partial charge in [0.25, 0.3) is 0 Å². The summed E-state index contributed by atoms with van der Waals surface area (Å²) in [6.45, 7) is 0. The Bertz CT molecular complexity index is 1070. The summed E-state index contributed by atoms with van der Waals surface area (Å²) in [5.74, 6) is -0.149. The van der Waals surface area contributed by atoms with Crippen LogP contribution >= 0.6 is 0 Å². The molecule has 5 heteroatoms. The second-order valence-electron chi connectivity index (χ2n) is 5.55. The van der Waals surface area contributed by atoms with Crippen molar-refractivity contribution in [2.45, 2.75) is 0 Å². The van der Waals surface area contributed by atoms with Crippen molar-refractivity contribution >= 4 is 27.6 Å². The van der Waals surface area contributed by atoms with E-state index in [9.17, 15) is 9.90 Å². The van der Waals surface area contributed by atoms with Gasteiger partial charge in [-0.15, -0.1) is 0 Å². The van der Waals surface area contributed by atoms with Gasteiger partial charge < -0.3 is 9.84 Å². The van der Waals surface area contributed by atoms with Gasteiger partial charge in [-0.2, -0.15) is 5.10 Å². The first-order valence-electron chi connectivity index (χ1n) is 7.45. The van der Waals surface area contributed by atoms with E-state index in [2.05, 4.69) is 10.2 Å². The number of H-pyrrole nitrogens is 1. The van der Waals surface area contributed by atoms with Crippen molar-refractivity contribution in [1.29, 1.82) is 0 Å². The molecule has 0 bridgehead atoms. The molecule has 0 saturated carbocycles. The monoisotopic (exact) mass is 318 g/mol. The predicted octanol–water partition coefficient (Wildman–Crippen LogP) is 4.09. The summed E-state index contributed by atoms with van der Waals surface area (Å²) >= 11 is 0. The van der Waals surface area contributed by atoms with Crippen LogP contribution in [0.25, 0.3) is 32.8 Å². The maximum absolute atomic E-state index is 11.2. The van der Waals surface area contributed by atoms with Gasteiger partial charge in [-0.05, 0) is 46.8 Å². The van der Waals surface area contributed by atoms with Crippen LogP contribution in [-0.2, 0) is 0 Å². The average molecular weight is 318 g/mol. The average Bonchev–Trinajstić information content (AvgIpc) is 3.10. The molecule has 24 heavy (non-hydrogen) atoms. The highest BCUT2D eigenvalue weighted by atomic mass is 16.5. The zero-order valence-corrected chi connectivity index (χ0v) is 12.9. The molecule has 0 aliphatic carbocycles. The van der Waals surface area contributed by atoms with Crippen LogP contribution in [0.15, 0.2) is 54.7 Å².